The van der Waals surface area contributed by atoms with Gasteiger partial charge in [0.1, 0.15) is 11.5 Å². The molecule has 0 aliphatic carbocycles. The predicted molar refractivity (Wildman–Crippen MR) is 142 cm³/mol. The minimum atomic E-state index is -1.73. The molecule has 2 aromatic rings. The zero-order valence-corrected chi connectivity index (χ0v) is 21.8. The number of likely N-dealkylation sites (tertiary alicyclic amines) is 1. The molecular formula is C29H33N3O6. The molecule has 1 N–H and O–H groups in total. The number of morpholine rings is 1. The highest BCUT2D eigenvalue weighted by atomic mass is 16.5. The standard InChI is InChI=1S/C29H33N3O6/c1-3-13-31-23-8-5-4-7-22(23)29(28(31)36)24(25(33)20-9-11-21(37-2)12-10-20)26(34)27(35)32(29)15-6-14-30-16-18-38-19-17-30/h4-5,7-12,33H,3,6,13-19H2,1-2H3. The van der Waals surface area contributed by atoms with Crippen LogP contribution >= 0.6 is 0 Å². The van der Waals surface area contributed by atoms with Crippen molar-refractivity contribution in [2.45, 2.75) is 25.3 Å². The van der Waals surface area contributed by atoms with Crippen molar-refractivity contribution in [3.05, 3.63) is 65.2 Å². The van der Waals surface area contributed by atoms with E-state index in [1.807, 2.05) is 19.1 Å². The molecule has 1 atom stereocenters. The highest BCUT2D eigenvalue weighted by molar-refractivity contribution is 6.50. The summed E-state index contributed by atoms with van der Waals surface area (Å²) in [5.41, 5.74) is -0.389. The van der Waals surface area contributed by atoms with Gasteiger partial charge in [-0.25, -0.2) is 0 Å². The number of benzene rings is 2. The number of carbonyl (C=O) groups excluding carboxylic acids is 3. The van der Waals surface area contributed by atoms with Crippen LogP contribution in [0.2, 0.25) is 0 Å². The van der Waals surface area contributed by atoms with Crippen molar-refractivity contribution < 1.29 is 29.0 Å². The number of rotatable bonds is 8. The van der Waals surface area contributed by atoms with Crippen LogP contribution in [-0.2, 0) is 24.7 Å². The van der Waals surface area contributed by atoms with Crippen LogP contribution in [0.25, 0.3) is 5.76 Å². The predicted octanol–water partition coefficient (Wildman–Crippen LogP) is 2.75. The summed E-state index contributed by atoms with van der Waals surface area (Å²) in [5, 5.41) is 11.6. The molecule has 9 heteroatoms. The van der Waals surface area contributed by atoms with Gasteiger partial charge >= 0.3 is 0 Å². The van der Waals surface area contributed by atoms with E-state index in [1.165, 1.54) is 12.0 Å². The molecule has 2 saturated heterocycles. The van der Waals surface area contributed by atoms with Gasteiger partial charge in [-0.2, -0.15) is 0 Å². The molecule has 5 rings (SSSR count). The molecule has 3 heterocycles. The maximum atomic E-state index is 14.4. The Labute approximate surface area is 222 Å². The molecule has 2 fully saturated rings. The van der Waals surface area contributed by atoms with Crippen LogP contribution in [0.1, 0.15) is 30.9 Å². The van der Waals surface area contributed by atoms with Gasteiger partial charge in [-0.1, -0.05) is 25.1 Å². The zero-order chi connectivity index (χ0) is 26.9. The van der Waals surface area contributed by atoms with Crippen molar-refractivity contribution in [2.75, 3.05) is 57.9 Å². The third-order valence-electron chi connectivity index (χ3n) is 7.58. The van der Waals surface area contributed by atoms with Gasteiger partial charge in [0.05, 0.1) is 31.6 Å². The molecule has 9 nitrogen and oxygen atoms in total. The average Bonchev–Trinajstić information content (AvgIpc) is 3.32. The molecule has 3 aliphatic rings. The summed E-state index contributed by atoms with van der Waals surface area (Å²) in [4.78, 5) is 46.9. The van der Waals surface area contributed by atoms with E-state index < -0.39 is 17.2 Å². The molecule has 1 spiro atoms. The lowest BCUT2D eigenvalue weighted by Gasteiger charge is -2.35. The fourth-order valence-electron chi connectivity index (χ4n) is 5.78. The van der Waals surface area contributed by atoms with Gasteiger partial charge in [-0.3, -0.25) is 19.3 Å². The Hall–Kier alpha value is -3.69. The smallest absolute Gasteiger partial charge is 0.296 e. The average molecular weight is 520 g/mol. The van der Waals surface area contributed by atoms with E-state index in [0.717, 1.165) is 13.1 Å². The van der Waals surface area contributed by atoms with E-state index in [-0.39, 0.29) is 23.8 Å². The Morgan fingerprint density at radius 3 is 2.39 bits per heavy atom. The summed E-state index contributed by atoms with van der Waals surface area (Å²) in [6, 6.07) is 13.8. The second-order valence-corrected chi connectivity index (χ2v) is 9.73. The fraction of sp³-hybridized carbons (Fsp3) is 0.414. The number of aliphatic hydroxyl groups is 1. The van der Waals surface area contributed by atoms with Gasteiger partial charge in [0.15, 0.2) is 5.54 Å². The van der Waals surface area contributed by atoms with Crippen molar-refractivity contribution >= 4 is 29.0 Å². The van der Waals surface area contributed by atoms with Crippen LogP contribution in [0.4, 0.5) is 5.69 Å². The number of methoxy groups -OCH3 is 1. The molecule has 0 saturated carbocycles. The normalized spacial score (nSPS) is 22.9. The number of hydrogen-bond donors (Lipinski definition) is 1. The third-order valence-corrected chi connectivity index (χ3v) is 7.58. The van der Waals surface area contributed by atoms with Crippen LogP contribution in [-0.4, -0.2) is 85.6 Å². The van der Waals surface area contributed by atoms with E-state index >= 15 is 0 Å². The lowest BCUT2D eigenvalue weighted by molar-refractivity contribution is -0.143. The SMILES string of the molecule is CCCN1C(=O)C2(C(=C(O)c3ccc(OC)cc3)C(=O)C(=O)N2CCCN2CCOCC2)c2ccccc21. The summed E-state index contributed by atoms with van der Waals surface area (Å²) in [6.45, 7) is 6.21. The molecular weight excluding hydrogens is 486 g/mol. The van der Waals surface area contributed by atoms with Crippen LogP contribution in [0.15, 0.2) is 54.1 Å². The summed E-state index contributed by atoms with van der Waals surface area (Å²) in [6.07, 6.45) is 1.26. The van der Waals surface area contributed by atoms with Gasteiger partial charge < -0.3 is 24.4 Å². The Kier molecular flexibility index (Phi) is 7.23. The number of para-hydroxylation sites is 1. The monoisotopic (exact) mass is 519 g/mol. The fourth-order valence-corrected chi connectivity index (χ4v) is 5.78. The summed E-state index contributed by atoms with van der Waals surface area (Å²) in [5.74, 6) is -1.81. The number of ketones is 1. The van der Waals surface area contributed by atoms with E-state index in [0.29, 0.717) is 61.7 Å². The molecule has 2 aromatic carbocycles. The van der Waals surface area contributed by atoms with E-state index in [4.69, 9.17) is 9.47 Å². The first-order chi connectivity index (χ1) is 18.4. The lowest BCUT2D eigenvalue weighted by Crippen LogP contribution is -2.52. The lowest BCUT2D eigenvalue weighted by atomic mass is 9.82. The second kappa shape index (κ2) is 10.6. The molecule has 3 aliphatic heterocycles. The van der Waals surface area contributed by atoms with E-state index in [2.05, 4.69) is 4.90 Å². The first-order valence-corrected chi connectivity index (χ1v) is 13.1. The van der Waals surface area contributed by atoms with Gasteiger partial charge in [-0.05, 0) is 43.2 Å². The highest BCUT2D eigenvalue weighted by Crippen LogP contribution is 2.53. The summed E-state index contributed by atoms with van der Waals surface area (Å²) in [7, 11) is 1.53. The van der Waals surface area contributed by atoms with Crippen molar-refractivity contribution in [2.24, 2.45) is 0 Å². The number of aliphatic hydroxyl groups excluding tert-OH is 1. The largest absolute Gasteiger partial charge is 0.507 e. The van der Waals surface area contributed by atoms with Crippen molar-refractivity contribution in [1.29, 1.82) is 0 Å². The molecule has 38 heavy (non-hydrogen) atoms. The first-order valence-electron chi connectivity index (χ1n) is 13.1. The number of carbonyl (C=O) groups is 3. The Morgan fingerprint density at radius 1 is 1.00 bits per heavy atom. The molecule has 0 radical (unpaired) electrons. The number of fused-ring (bicyclic) bond motifs is 2. The molecule has 200 valence electrons. The minimum Gasteiger partial charge on any atom is -0.507 e. The Balaban J connectivity index is 1.64. The molecule has 1 unspecified atom stereocenters. The van der Waals surface area contributed by atoms with Crippen LogP contribution in [0.5, 0.6) is 5.75 Å². The summed E-state index contributed by atoms with van der Waals surface area (Å²) >= 11 is 0. The summed E-state index contributed by atoms with van der Waals surface area (Å²) < 4.78 is 10.7. The Morgan fingerprint density at radius 2 is 1.71 bits per heavy atom. The Bertz CT molecular complexity index is 1270. The topological polar surface area (TPSA) is 99.6 Å². The third kappa shape index (κ3) is 4.06. The number of ether oxygens (including phenoxy) is 2. The second-order valence-electron chi connectivity index (χ2n) is 9.73. The quantitative estimate of drug-likeness (QED) is 0.325. The van der Waals surface area contributed by atoms with E-state index in [9.17, 15) is 19.5 Å². The van der Waals surface area contributed by atoms with Crippen LogP contribution < -0.4 is 9.64 Å². The van der Waals surface area contributed by atoms with E-state index in [1.54, 1.807) is 41.3 Å². The molecule has 0 bridgehead atoms. The maximum absolute atomic E-state index is 14.4. The number of Topliss-reactive ketones (excluding diaryl/α,β-unsaturated/α-hetero) is 1. The highest BCUT2D eigenvalue weighted by Gasteiger charge is 2.66. The van der Waals surface area contributed by atoms with Crippen molar-refractivity contribution in [1.82, 2.24) is 9.80 Å². The minimum absolute atomic E-state index is 0.185. The van der Waals surface area contributed by atoms with Gasteiger partial charge in [0, 0.05) is 43.9 Å². The van der Waals surface area contributed by atoms with Gasteiger partial charge in [-0.15, -0.1) is 0 Å². The van der Waals surface area contributed by atoms with Crippen LogP contribution in [0.3, 0.4) is 0 Å². The molecule has 2 amide bonds. The number of anilines is 1. The zero-order valence-electron chi connectivity index (χ0n) is 21.8. The number of nitrogens with zero attached hydrogens (tertiary/aromatic N) is 3. The maximum Gasteiger partial charge on any atom is 0.296 e. The van der Waals surface area contributed by atoms with Gasteiger partial charge in [0.2, 0.25) is 0 Å². The molecule has 0 aromatic heterocycles. The van der Waals surface area contributed by atoms with Crippen molar-refractivity contribution in [3.63, 3.8) is 0 Å². The number of hydrogen-bond acceptors (Lipinski definition) is 7. The van der Waals surface area contributed by atoms with Gasteiger partial charge in [0.25, 0.3) is 17.6 Å². The van der Waals surface area contributed by atoms with Crippen LogP contribution in [0, 0.1) is 0 Å². The number of amides is 2. The van der Waals surface area contributed by atoms with Crippen molar-refractivity contribution in [3.8, 4) is 5.75 Å². The first kappa shape index (κ1) is 25.9.